The number of aryl methyl sites for hydroxylation is 4. The molecule has 5 atom stereocenters. The van der Waals surface area contributed by atoms with Gasteiger partial charge in [-0.2, -0.15) is 14.2 Å². The first-order valence-corrected chi connectivity index (χ1v) is 46.8. The molecule has 5 aromatic carbocycles. The first kappa shape index (κ1) is 96.1. The molecule has 0 bridgehead atoms. The molecule has 1 aromatic heterocycles. The fraction of sp³-hybridized carbons (Fsp3) is 0.465. The lowest BCUT2D eigenvalue weighted by Crippen LogP contribution is -2.35. The molecule has 5 N–H and O–H groups in total. The van der Waals surface area contributed by atoms with Gasteiger partial charge in [0.05, 0.1) is 35.4 Å². The maximum atomic E-state index is 12.7. The van der Waals surface area contributed by atoms with Gasteiger partial charge in [0.15, 0.2) is 11.4 Å². The van der Waals surface area contributed by atoms with Gasteiger partial charge >= 0.3 is 33.4 Å². The molecule has 5 amide bonds. The standard InChI is InChI=1S/C55H67N7O4.C46H58N4O3.2O3S/c1-37-21-30-48-45(34-37)55(4,5)50(19-11-8-10-18-49-54(2,3)44-16-13-14-17-47(44)60(49)7)61(48)33-15-9-12-20-51(63)57-31-32-58-53(65)66-36-43-41-27-24-39-35-62(59-46(39)29-28-42(41)43)40-25-22-38(23-26-40)52(64)56-6;1-33-26-27-40-38(31-33)46(4,5)42(24-14-9-13-23-41-45(2,3)37-21-16-17-22-39(37)49(41)6)50(40)30-18-10-15-25-43(51)47-28-29-48-44(52)53-32-36-34-19-11-7-8-12-20-35(34)36;2*1-4(2)3/h8,10-11,13-14,16-19,21-23,25-26,30,34-35,41-43H,9,12,15,20,24,27-29,31-33,36H2,1-7H3,(H2-,56,57,58,63,64,65);9,13-14,16-17,21-24,26-27,31,34-36H,10-12,15,18-20,25,28-30,32H2,1-6H3,(H-,47,48,51,52);;/p+2. The van der Waals surface area contributed by atoms with Crippen LogP contribution in [0.1, 0.15) is 200 Å². The molecule has 5 heterocycles. The third-order valence-electron chi connectivity index (χ3n) is 26.6. The van der Waals surface area contributed by atoms with Crippen LogP contribution in [-0.4, -0.2) is 159 Å². The van der Waals surface area contributed by atoms with Crippen LogP contribution in [0.15, 0.2) is 188 Å². The maximum absolute atomic E-state index is 12.7. The van der Waals surface area contributed by atoms with Crippen molar-refractivity contribution in [3.05, 3.63) is 238 Å². The topological polar surface area (TPSA) is 297 Å². The number of fused-ring (bicyclic) bond motifs is 7. The van der Waals surface area contributed by atoms with Gasteiger partial charge in [-0.1, -0.05) is 149 Å². The van der Waals surface area contributed by atoms with Gasteiger partial charge in [0.2, 0.25) is 23.2 Å². The number of nitrogens with one attached hydrogen (secondary N) is 5. The maximum Gasteiger partial charge on any atom is 0.425 e. The number of rotatable bonds is 30. The summed E-state index contributed by atoms with van der Waals surface area (Å²) in [7, 11) is -0.289. The lowest BCUT2D eigenvalue weighted by Gasteiger charge is -2.27. The van der Waals surface area contributed by atoms with E-state index in [0.29, 0.717) is 93.3 Å². The number of carbonyl (C=O) groups is 5. The number of hydrogen-bond acceptors (Lipinski definition) is 16. The van der Waals surface area contributed by atoms with E-state index in [1.54, 1.807) is 7.05 Å². The Hall–Kier alpha value is -11.6. The van der Waals surface area contributed by atoms with Crippen LogP contribution in [0.25, 0.3) is 5.69 Å². The number of allylic oxidation sites excluding steroid dienone is 12. The van der Waals surface area contributed by atoms with Gasteiger partial charge in [0, 0.05) is 153 Å². The summed E-state index contributed by atoms with van der Waals surface area (Å²) in [6, 6.07) is 38.4. The summed E-state index contributed by atoms with van der Waals surface area (Å²) in [5.74, 6) is 9.60. The van der Waals surface area contributed by atoms with Crippen LogP contribution < -0.4 is 36.4 Å². The predicted octanol–water partition coefficient (Wildman–Crippen LogP) is 15.8. The zero-order chi connectivity index (χ0) is 91.3. The number of benzene rings is 5. The molecule has 4 aliphatic heterocycles. The second-order valence-corrected chi connectivity index (χ2v) is 37.1. The summed E-state index contributed by atoms with van der Waals surface area (Å²) in [6.45, 7) is 26.9. The molecule has 5 unspecified atom stereocenters. The Labute approximate surface area is 752 Å². The van der Waals surface area contributed by atoms with Crippen molar-refractivity contribution in [3.8, 4) is 17.5 Å². The van der Waals surface area contributed by atoms with Crippen LogP contribution in [0.2, 0.25) is 0 Å². The van der Waals surface area contributed by atoms with Gasteiger partial charge in [-0.3, -0.25) is 14.4 Å². The molecule has 674 valence electrons. The second-order valence-electron chi connectivity index (χ2n) is 36.3. The van der Waals surface area contributed by atoms with Crippen molar-refractivity contribution in [2.45, 2.75) is 194 Å². The zero-order valence-corrected chi connectivity index (χ0v) is 77.6. The monoisotopic (exact) mass is 1770 g/mol. The number of amides is 5. The first-order chi connectivity index (χ1) is 60.7. The predicted molar refractivity (Wildman–Crippen MR) is 498 cm³/mol. The minimum absolute atomic E-state index is 0.00186. The van der Waals surface area contributed by atoms with Gasteiger partial charge in [0.25, 0.3) is 5.91 Å². The Morgan fingerprint density at radius 3 is 1.35 bits per heavy atom. The van der Waals surface area contributed by atoms with Crippen molar-refractivity contribution in [2.24, 2.45) is 35.5 Å². The van der Waals surface area contributed by atoms with Crippen molar-refractivity contribution in [1.82, 2.24) is 36.4 Å². The molecule has 2 saturated carbocycles. The van der Waals surface area contributed by atoms with Gasteiger partial charge in [-0.05, 0) is 206 Å². The molecule has 127 heavy (non-hydrogen) atoms. The smallest absolute Gasteiger partial charge is 0.425 e. The van der Waals surface area contributed by atoms with Gasteiger partial charge in [0.1, 0.15) is 14.1 Å². The molecule has 26 heteroatoms. The summed E-state index contributed by atoms with van der Waals surface area (Å²) >= 11 is 0. The average molecular weight is 1770 g/mol. The number of para-hydroxylation sites is 2. The summed E-state index contributed by atoms with van der Waals surface area (Å²) in [4.78, 5) is 66.9. The first-order valence-electron chi connectivity index (χ1n) is 44.8. The molecule has 4 aliphatic carbocycles. The number of alkyl carbamates (subject to hydrolysis) is 2. The molecule has 8 aliphatic rings. The normalized spacial score (nSPS) is 20.7. The molecule has 0 saturated heterocycles. The zero-order valence-electron chi connectivity index (χ0n) is 76.0. The Kier molecular flexibility index (Phi) is 33.1. The van der Waals surface area contributed by atoms with Crippen molar-refractivity contribution in [1.29, 1.82) is 0 Å². The minimum Gasteiger partial charge on any atom is -0.449 e. The van der Waals surface area contributed by atoms with Crippen LogP contribution >= 0.6 is 0 Å². The van der Waals surface area contributed by atoms with E-state index < -0.39 is 33.4 Å². The third-order valence-corrected chi connectivity index (χ3v) is 26.6. The Morgan fingerprint density at radius 1 is 0.496 bits per heavy atom. The highest BCUT2D eigenvalue weighted by Crippen LogP contribution is 2.55. The summed E-state index contributed by atoms with van der Waals surface area (Å²) in [5.41, 5.74) is 21.8. The van der Waals surface area contributed by atoms with Crippen molar-refractivity contribution in [2.75, 3.05) is 83.4 Å². The fourth-order valence-corrected chi connectivity index (χ4v) is 19.6. The van der Waals surface area contributed by atoms with E-state index in [2.05, 4.69) is 293 Å². The van der Waals surface area contributed by atoms with Gasteiger partial charge in [-0.15, -0.1) is 37.1 Å². The molecule has 14 rings (SSSR count). The Balaban J connectivity index is 0.000000232. The SMILES string of the molecule is CNC(=O)c1ccc(-n2cc3c(n2)CCC2C(CC3)C2COC(=O)NCCNC(=O)CCCCCN2C(=CC=CC=CC3=[N+](C)c4ccccc4C3(C)C)C(C)(C)c3cc(C)ccc32)cc1.Cc1ccc2c(c1)C(C)(C)C(=CC=CC=CC1=[N+](C)c3ccccc3C1(C)C)N2CCCCCC(=O)NCCNC(=O)OCC1C2CCC#CCCC21.O=S(=O)=O.O=S(=O)=O. The van der Waals surface area contributed by atoms with Crippen molar-refractivity contribution < 1.29 is 67.9 Å². The van der Waals surface area contributed by atoms with Crippen LogP contribution in [0.5, 0.6) is 0 Å². The van der Waals surface area contributed by atoms with Crippen molar-refractivity contribution in [3.63, 3.8) is 0 Å². The van der Waals surface area contributed by atoms with Crippen LogP contribution in [-0.2, 0) is 74.8 Å². The lowest BCUT2D eigenvalue weighted by molar-refractivity contribution is -0.401. The largest absolute Gasteiger partial charge is 0.449 e. The number of carbonyl (C=O) groups excluding carboxylic acids is 5. The highest BCUT2D eigenvalue weighted by molar-refractivity contribution is 7.59. The molecule has 0 spiro atoms. The number of aromatic nitrogens is 2. The highest BCUT2D eigenvalue weighted by Gasteiger charge is 2.52. The van der Waals surface area contributed by atoms with E-state index >= 15 is 0 Å². The van der Waals surface area contributed by atoms with Crippen LogP contribution in [0.4, 0.5) is 32.3 Å². The highest BCUT2D eigenvalue weighted by atomic mass is 32.2. The summed E-state index contributed by atoms with van der Waals surface area (Å²) in [5, 5.41) is 19.0. The average Bonchev–Trinajstić information content (AvgIpc) is 1.60. The fourth-order valence-electron chi connectivity index (χ4n) is 19.6. The minimum atomic E-state index is -3.11. The third kappa shape index (κ3) is 24.4. The van der Waals surface area contributed by atoms with Crippen LogP contribution in [0, 0.1) is 61.2 Å². The van der Waals surface area contributed by atoms with Gasteiger partial charge in [-0.25, -0.2) is 14.3 Å². The van der Waals surface area contributed by atoms with Crippen molar-refractivity contribution >= 4 is 85.3 Å². The lowest BCUT2D eigenvalue weighted by atomic mass is 9.81. The molecular formula is C101H127N11O13S2+2. The van der Waals surface area contributed by atoms with E-state index in [9.17, 15) is 24.0 Å². The number of ether oxygens (including phenoxy) is 2. The van der Waals surface area contributed by atoms with Gasteiger partial charge < -0.3 is 45.9 Å². The van der Waals surface area contributed by atoms with E-state index in [1.807, 2.05) is 28.9 Å². The summed E-state index contributed by atoms with van der Waals surface area (Å²) < 4.78 is 68.3. The number of nitrogens with zero attached hydrogens (tertiary/aromatic N) is 6. The molecule has 2 fully saturated rings. The quantitative estimate of drug-likeness (QED) is 0.0121. The van der Waals surface area contributed by atoms with E-state index in [4.69, 9.17) is 39.8 Å². The number of unbranched alkanes of at least 4 members (excludes halogenated alkanes) is 4. The summed E-state index contributed by atoms with van der Waals surface area (Å²) in [6.07, 6.45) is 37.7. The van der Waals surface area contributed by atoms with Crippen LogP contribution in [0.3, 0.4) is 0 Å². The number of anilines is 2. The molecule has 6 aromatic rings. The van der Waals surface area contributed by atoms with E-state index in [0.717, 1.165) is 114 Å². The second kappa shape index (κ2) is 43.8. The van der Waals surface area contributed by atoms with E-state index in [-0.39, 0.29) is 39.4 Å². The molecule has 24 nitrogen and oxygen atoms in total. The van der Waals surface area contributed by atoms with E-state index in [1.165, 1.54) is 84.5 Å². The Bertz CT molecular complexity index is 5520. The molecule has 0 radical (unpaired) electrons. The number of hydrogen-bond donors (Lipinski definition) is 5. The molecular weight excluding hydrogens is 1640 g/mol. The Morgan fingerprint density at radius 2 is 0.913 bits per heavy atom.